The normalized spacial score (nSPS) is 29.1. The van der Waals surface area contributed by atoms with Gasteiger partial charge in [-0.2, -0.15) is 0 Å². The van der Waals surface area contributed by atoms with Crippen molar-refractivity contribution < 1.29 is 9.53 Å². The lowest BCUT2D eigenvalue weighted by atomic mass is 10.1. The number of nitrogens with zero attached hydrogens (tertiary/aromatic N) is 1. The van der Waals surface area contributed by atoms with Gasteiger partial charge in [-0.1, -0.05) is 12.8 Å². The van der Waals surface area contributed by atoms with E-state index in [0.29, 0.717) is 12.6 Å². The molecule has 0 unspecified atom stereocenters. The summed E-state index contributed by atoms with van der Waals surface area (Å²) in [6, 6.07) is 0.438. The number of likely N-dealkylation sites (N-methyl/N-ethyl adjacent to an activating group) is 1. The van der Waals surface area contributed by atoms with E-state index in [4.69, 9.17) is 10.5 Å². The highest BCUT2D eigenvalue weighted by molar-refractivity contribution is 5.85. The molecule has 1 saturated heterocycles. The third-order valence-electron chi connectivity index (χ3n) is 3.87. The van der Waals surface area contributed by atoms with Crippen molar-refractivity contribution >= 4 is 18.3 Å². The molecule has 0 spiro atoms. The Morgan fingerprint density at radius 2 is 1.94 bits per heavy atom. The number of hydrogen-bond donors (Lipinski definition) is 1. The van der Waals surface area contributed by atoms with Crippen molar-refractivity contribution in [1.82, 2.24) is 4.90 Å². The molecule has 17 heavy (non-hydrogen) atoms. The van der Waals surface area contributed by atoms with E-state index < -0.39 is 0 Å². The van der Waals surface area contributed by atoms with Crippen LogP contribution in [0.4, 0.5) is 0 Å². The molecule has 2 fully saturated rings. The highest BCUT2D eigenvalue weighted by atomic mass is 35.5. The average molecular weight is 263 g/mol. The number of halogens is 1. The van der Waals surface area contributed by atoms with Crippen LogP contribution in [-0.2, 0) is 9.53 Å². The highest BCUT2D eigenvalue weighted by Gasteiger charge is 2.34. The van der Waals surface area contributed by atoms with Crippen LogP contribution in [0.1, 0.15) is 38.5 Å². The van der Waals surface area contributed by atoms with Gasteiger partial charge in [0.15, 0.2) is 0 Å². The van der Waals surface area contributed by atoms with E-state index in [0.717, 1.165) is 25.7 Å². The predicted octanol–water partition coefficient (Wildman–Crippen LogP) is 1.32. The molecular weight excluding hydrogens is 240 g/mol. The Morgan fingerprint density at radius 1 is 1.29 bits per heavy atom. The first-order valence-electron chi connectivity index (χ1n) is 6.34. The molecule has 1 aliphatic carbocycles. The predicted molar refractivity (Wildman–Crippen MR) is 69.2 cm³/mol. The van der Waals surface area contributed by atoms with Gasteiger partial charge in [0, 0.05) is 19.6 Å². The summed E-state index contributed by atoms with van der Waals surface area (Å²) >= 11 is 0. The standard InChI is InChI=1S/C12H22N2O2.ClH/c1-14(9-4-2-3-5-9)12(15)11-7-6-10(8-13)16-11;/h9-11H,2-8,13H2,1H3;1H/t10-,11+;/m1./s1. The second-order valence-corrected chi connectivity index (χ2v) is 4.95. The van der Waals surface area contributed by atoms with E-state index in [1.165, 1.54) is 12.8 Å². The average Bonchev–Trinajstić information content (AvgIpc) is 2.97. The Hall–Kier alpha value is -0.320. The largest absolute Gasteiger partial charge is 0.364 e. The molecule has 1 amide bonds. The zero-order chi connectivity index (χ0) is 11.5. The minimum absolute atomic E-state index is 0. The van der Waals surface area contributed by atoms with Gasteiger partial charge < -0.3 is 15.4 Å². The first kappa shape index (κ1) is 14.7. The zero-order valence-electron chi connectivity index (χ0n) is 10.4. The van der Waals surface area contributed by atoms with E-state index >= 15 is 0 Å². The van der Waals surface area contributed by atoms with Gasteiger partial charge in [-0.15, -0.1) is 12.4 Å². The molecular formula is C12H23ClN2O2. The lowest BCUT2D eigenvalue weighted by Gasteiger charge is -2.27. The van der Waals surface area contributed by atoms with Gasteiger partial charge in [0.2, 0.25) is 0 Å². The van der Waals surface area contributed by atoms with Gasteiger partial charge in [0.1, 0.15) is 6.10 Å². The van der Waals surface area contributed by atoms with Crippen molar-refractivity contribution in [2.24, 2.45) is 5.73 Å². The molecule has 1 aliphatic heterocycles. The second-order valence-electron chi connectivity index (χ2n) is 4.95. The van der Waals surface area contributed by atoms with E-state index in [2.05, 4.69) is 0 Å². The number of carbonyl (C=O) groups excluding carboxylic acids is 1. The number of ether oxygens (including phenoxy) is 1. The first-order valence-corrected chi connectivity index (χ1v) is 6.34. The van der Waals surface area contributed by atoms with Crippen molar-refractivity contribution in [1.29, 1.82) is 0 Å². The van der Waals surface area contributed by atoms with Crippen LogP contribution in [0.5, 0.6) is 0 Å². The molecule has 5 heteroatoms. The van der Waals surface area contributed by atoms with E-state index in [1.54, 1.807) is 0 Å². The third kappa shape index (κ3) is 3.33. The van der Waals surface area contributed by atoms with Gasteiger partial charge in [-0.3, -0.25) is 4.79 Å². The molecule has 2 atom stereocenters. The Kier molecular flexibility index (Phi) is 5.70. The van der Waals surface area contributed by atoms with Crippen LogP contribution in [0.3, 0.4) is 0 Å². The Labute approximate surface area is 109 Å². The fourth-order valence-corrected chi connectivity index (χ4v) is 2.76. The van der Waals surface area contributed by atoms with Crippen LogP contribution in [0.15, 0.2) is 0 Å². The summed E-state index contributed by atoms with van der Waals surface area (Å²) in [4.78, 5) is 14.1. The summed E-state index contributed by atoms with van der Waals surface area (Å²) in [6.07, 6.45) is 6.40. The fraction of sp³-hybridized carbons (Fsp3) is 0.917. The molecule has 2 aliphatic rings. The topological polar surface area (TPSA) is 55.6 Å². The Morgan fingerprint density at radius 3 is 2.47 bits per heavy atom. The number of nitrogens with two attached hydrogens (primary N) is 1. The number of hydrogen-bond acceptors (Lipinski definition) is 3. The monoisotopic (exact) mass is 262 g/mol. The first-order chi connectivity index (χ1) is 7.72. The number of carbonyl (C=O) groups is 1. The molecule has 0 bridgehead atoms. The highest BCUT2D eigenvalue weighted by Crippen LogP contribution is 2.26. The minimum atomic E-state index is -0.237. The van der Waals surface area contributed by atoms with Gasteiger partial charge in [0.05, 0.1) is 6.10 Å². The maximum atomic E-state index is 12.2. The summed E-state index contributed by atoms with van der Waals surface area (Å²) in [5.41, 5.74) is 5.54. The number of rotatable bonds is 3. The third-order valence-corrected chi connectivity index (χ3v) is 3.87. The molecule has 0 radical (unpaired) electrons. The molecule has 2 N–H and O–H groups in total. The van der Waals surface area contributed by atoms with Crippen molar-refractivity contribution in [2.45, 2.75) is 56.8 Å². The maximum Gasteiger partial charge on any atom is 0.251 e. The second kappa shape index (κ2) is 6.57. The SMILES string of the molecule is CN(C(=O)[C@@H]1CC[C@H](CN)O1)C1CCCC1.Cl. The summed E-state index contributed by atoms with van der Waals surface area (Å²) in [6.45, 7) is 0.525. The van der Waals surface area contributed by atoms with Crippen LogP contribution < -0.4 is 5.73 Å². The van der Waals surface area contributed by atoms with E-state index in [9.17, 15) is 4.79 Å². The molecule has 4 nitrogen and oxygen atoms in total. The van der Waals surface area contributed by atoms with Crippen LogP contribution >= 0.6 is 12.4 Å². The minimum Gasteiger partial charge on any atom is -0.364 e. The fourth-order valence-electron chi connectivity index (χ4n) is 2.76. The molecule has 1 heterocycles. The van der Waals surface area contributed by atoms with Crippen LogP contribution in [-0.4, -0.2) is 42.6 Å². The van der Waals surface area contributed by atoms with E-state index in [-0.39, 0.29) is 30.5 Å². The van der Waals surface area contributed by atoms with Gasteiger partial charge in [-0.25, -0.2) is 0 Å². The lowest BCUT2D eigenvalue weighted by molar-refractivity contribution is -0.143. The zero-order valence-corrected chi connectivity index (χ0v) is 11.2. The molecule has 0 aromatic rings. The smallest absolute Gasteiger partial charge is 0.251 e. The lowest BCUT2D eigenvalue weighted by Crippen LogP contribution is -2.42. The Balaban J connectivity index is 0.00000144. The maximum absolute atomic E-state index is 12.2. The van der Waals surface area contributed by atoms with Crippen LogP contribution in [0.25, 0.3) is 0 Å². The summed E-state index contributed by atoms with van der Waals surface area (Å²) < 4.78 is 5.64. The molecule has 100 valence electrons. The van der Waals surface area contributed by atoms with Gasteiger partial charge >= 0.3 is 0 Å². The summed E-state index contributed by atoms with van der Waals surface area (Å²) in [5, 5.41) is 0. The molecule has 2 rings (SSSR count). The molecule has 1 saturated carbocycles. The van der Waals surface area contributed by atoms with Crippen molar-refractivity contribution in [3.8, 4) is 0 Å². The quantitative estimate of drug-likeness (QED) is 0.835. The van der Waals surface area contributed by atoms with Gasteiger partial charge in [-0.05, 0) is 25.7 Å². The Bertz CT molecular complexity index is 257. The summed E-state index contributed by atoms with van der Waals surface area (Å²) in [5.74, 6) is 0.155. The molecule has 0 aromatic heterocycles. The van der Waals surface area contributed by atoms with E-state index in [1.807, 2.05) is 11.9 Å². The summed E-state index contributed by atoms with van der Waals surface area (Å²) in [7, 11) is 1.91. The van der Waals surface area contributed by atoms with Crippen molar-refractivity contribution in [3.05, 3.63) is 0 Å². The number of amides is 1. The van der Waals surface area contributed by atoms with Crippen LogP contribution in [0, 0.1) is 0 Å². The van der Waals surface area contributed by atoms with Crippen molar-refractivity contribution in [2.75, 3.05) is 13.6 Å². The van der Waals surface area contributed by atoms with Gasteiger partial charge in [0.25, 0.3) is 5.91 Å². The van der Waals surface area contributed by atoms with Crippen LogP contribution in [0.2, 0.25) is 0 Å². The molecule has 0 aromatic carbocycles. The van der Waals surface area contributed by atoms with Crippen molar-refractivity contribution in [3.63, 3.8) is 0 Å².